The largest absolute Gasteiger partial charge is 0.395 e. The average molecular weight is 298 g/mol. The van der Waals surface area contributed by atoms with Crippen LogP contribution in [0.25, 0.3) is 0 Å². The Morgan fingerprint density at radius 1 is 1.30 bits per heavy atom. The number of aliphatic hydroxyl groups is 1. The first kappa shape index (κ1) is 15.7. The highest BCUT2D eigenvalue weighted by molar-refractivity contribution is 6.30. The molecule has 0 amide bonds. The van der Waals surface area contributed by atoms with Gasteiger partial charge in [0.05, 0.1) is 6.61 Å². The first-order valence-corrected chi connectivity index (χ1v) is 7.58. The molecule has 0 saturated carbocycles. The van der Waals surface area contributed by atoms with Gasteiger partial charge in [-0.1, -0.05) is 23.7 Å². The van der Waals surface area contributed by atoms with E-state index in [2.05, 4.69) is 15.9 Å². The van der Waals surface area contributed by atoms with Crippen molar-refractivity contribution < 1.29 is 5.11 Å². The van der Waals surface area contributed by atoms with Crippen LogP contribution in [0.15, 0.2) is 24.3 Å². The van der Waals surface area contributed by atoms with Gasteiger partial charge in [-0.3, -0.25) is 9.80 Å². The molecule has 2 rings (SSSR count). The quantitative estimate of drug-likeness (QED) is 0.861. The average Bonchev–Trinajstić information content (AvgIpc) is 2.41. The molecule has 0 bridgehead atoms. The van der Waals surface area contributed by atoms with Crippen molar-refractivity contribution in [2.45, 2.75) is 19.0 Å². The van der Waals surface area contributed by atoms with Gasteiger partial charge in [0, 0.05) is 49.8 Å². The second-order valence-corrected chi connectivity index (χ2v) is 5.90. The molecule has 0 aliphatic carbocycles. The summed E-state index contributed by atoms with van der Waals surface area (Å²) in [4.78, 5) is 4.71. The van der Waals surface area contributed by atoms with Gasteiger partial charge in [0.1, 0.15) is 0 Å². The summed E-state index contributed by atoms with van der Waals surface area (Å²) in [6.07, 6.45) is 0. The molecule has 2 atom stereocenters. The molecule has 3 N–H and O–H groups in total. The number of rotatable bonds is 5. The Hall–Kier alpha value is -0.650. The molecule has 1 heterocycles. The summed E-state index contributed by atoms with van der Waals surface area (Å²) in [6, 6.07) is 8.23. The summed E-state index contributed by atoms with van der Waals surface area (Å²) in [5, 5.41) is 9.76. The van der Waals surface area contributed by atoms with E-state index in [1.807, 2.05) is 25.1 Å². The highest BCUT2D eigenvalue weighted by Crippen LogP contribution is 2.26. The Balaban J connectivity index is 2.07. The molecule has 1 fully saturated rings. The highest BCUT2D eigenvalue weighted by atomic mass is 35.5. The maximum atomic E-state index is 9.00. The van der Waals surface area contributed by atoms with E-state index in [0.717, 1.165) is 37.7 Å². The fourth-order valence-corrected chi connectivity index (χ4v) is 3.14. The van der Waals surface area contributed by atoms with Crippen molar-refractivity contribution in [1.82, 2.24) is 9.80 Å². The number of nitrogens with two attached hydrogens (primary N) is 1. The topological polar surface area (TPSA) is 52.7 Å². The molecule has 1 aromatic carbocycles. The summed E-state index contributed by atoms with van der Waals surface area (Å²) in [5.41, 5.74) is 7.39. The lowest BCUT2D eigenvalue weighted by molar-refractivity contribution is 0.0760. The first-order valence-electron chi connectivity index (χ1n) is 7.20. The third-order valence-electron chi connectivity index (χ3n) is 3.90. The van der Waals surface area contributed by atoms with Gasteiger partial charge in [-0.25, -0.2) is 0 Å². The van der Waals surface area contributed by atoms with Gasteiger partial charge in [0.2, 0.25) is 0 Å². The molecular formula is C15H24ClN3O. The van der Waals surface area contributed by atoms with Gasteiger partial charge < -0.3 is 10.8 Å². The first-order chi connectivity index (χ1) is 9.61. The Kier molecular flexibility index (Phi) is 5.81. The molecule has 0 aromatic heterocycles. The number of aliphatic hydroxyl groups excluding tert-OH is 1. The molecular weight excluding hydrogens is 274 g/mol. The van der Waals surface area contributed by atoms with Crippen LogP contribution in [-0.2, 0) is 0 Å². The molecule has 0 spiro atoms. The zero-order valence-corrected chi connectivity index (χ0v) is 12.8. The van der Waals surface area contributed by atoms with Crippen LogP contribution >= 0.6 is 11.6 Å². The van der Waals surface area contributed by atoms with Crippen molar-refractivity contribution in [3.8, 4) is 0 Å². The van der Waals surface area contributed by atoms with Gasteiger partial charge in [-0.05, 0) is 24.6 Å². The Labute approximate surface area is 126 Å². The van der Waals surface area contributed by atoms with Crippen molar-refractivity contribution in [2.75, 3.05) is 39.3 Å². The lowest BCUT2D eigenvalue weighted by Gasteiger charge is -2.41. The van der Waals surface area contributed by atoms with E-state index in [1.54, 1.807) is 0 Å². The van der Waals surface area contributed by atoms with Crippen LogP contribution in [0.1, 0.15) is 18.5 Å². The van der Waals surface area contributed by atoms with Gasteiger partial charge >= 0.3 is 0 Å². The fraction of sp³-hybridized carbons (Fsp3) is 0.600. The lowest BCUT2D eigenvalue weighted by Crippen LogP contribution is -2.51. The zero-order valence-electron chi connectivity index (χ0n) is 12.0. The molecule has 1 saturated heterocycles. The third-order valence-corrected chi connectivity index (χ3v) is 4.14. The molecule has 4 nitrogen and oxygen atoms in total. The molecule has 5 heteroatoms. The van der Waals surface area contributed by atoms with E-state index in [-0.39, 0.29) is 18.7 Å². The summed E-state index contributed by atoms with van der Waals surface area (Å²) >= 11 is 6.10. The van der Waals surface area contributed by atoms with Crippen molar-refractivity contribution >= 4 is 11.6 Å². The predicted octanol–water partition coefficient (Wildman–Crippen LogP) is 1.34. The molecule has 1 aliphatic rings. The van der Waals surface area contributed by atoms with Crippen LogP contribution in [0, 0.1) is 0 Å². The fourth-order valence-electron chi connectivity index (χ4n) is 2.94. The molecule has 1 aliphatic heterocycles. The van der Waals surface area contributed by atoms with E-state index in [4.69, 9.17) is 22.4 Å². The monoisotopic (exact) mass is 297 g/mol. The molecule has 112 valence electrons. The number of halogens is 1. The van der Waals surface area contributed by atoms with E-state index in [1.165, 1.54) is 5.56 Å². The van der Waals surface area contributed by atoms with Crippen molar-refractivity contribution in [3.63, 3.8) is 0 Å². The van der Waals surface area contributed by atoms with Crippen LogP contribution in [0.4, 0.5) is 0 Å². The standard InChI is InChI=1S/C15H24ClN3O/c1-12(17)15(13-3-2-4-14(16)11-13)19-7-5-18(6-8-19)9-10-20/h2-4,11-12,15,20H,5-10,17H2,1H3. The van der Waals surface area contributed by atoms with E-state index >= 15 is 0 Å². The molecule has 0 radical (unpaired) electrons. The van der Waals surface area contributed by atoms with Crippen molar-refractivity contribution in [3.05, 3.63) is 34.9 Å². The number of piperazine rings is 1. The third kappa shape index (κ3) is 3.93. The molecule has 2 unspecified atom stereocenters. The summed E-state index contributed by atoms with van der Waals surface area (Å²) < 4.78 is 0. The highest BCUT2D eigenvalue weighted by Gasteiger charge is 2.27. The summed E-state index contributed by atoms with van der Waals surface area (Å²) in [5.74, 6) is 0. The van der Waals surface area contributed by atoms with Gasteiger partial charge in [-0.15, -0.1) is 0 Å². The van der Waals surface area contributed by atoms with Gasteiger partial charge in [0.25, 0.3) is 0 Å². The Morgan fingerprint density at radius 2 is 2.00 bits per heavy atom. The normalized spacial score (nSPS) is 20.8. The van der Waals surface area contributed by atoms with E-state index in [0.29, 0.717) is 0 Å². The number of β-amino-alcohol motifs (C(OH)–C–C–N with tert-alkyl or cyclic N) is 1. The van der Waals surface area contributed by atoms with Crippen LogP contribution in [-0.4, -0.2) is 60.3 Å². The lowest BCUT2D eigenvalue weighted by atomic mass is 9.98. The van der Waals surface area contributed by atoms with Crippen molar-refractivity contribution in [2.24, 2.45) is 5.73 Å². The second kappa shape index (κ2) is 7.38. The minimum Gasteiger partial charge on any atom is -0.395 e. The second-order valence-electron chi connectivity index (χ2n) is 5.46. The van der Waals surface area contributed by atoms with Crippen LogP contribution in [0.2, 0.25) is 5.02 Å². The number of benzene rings is 1. The van der Waals surface area contributed by atoms with Crippen LogP contribution < -0.4 is 5.73 Å². The minimum atomic E-state index is 0.0536. The number of hydrogen-bond acceptors (Lipinski definition) is 4. The zero-order chi connectivity index (χ0) is 14.5. The number of hydrogen-bond donors (Lipinski definition) is 2. The summed E-state index contributed by atoms with van der Waals surface area (Å²) in [7, 11) is 0. The Bertz CT molecular complexity index is 419. The van der Waals surface area contributed by atoms with Crippen molar-refractivity contribution in [1.29, 1.82) is 0 Å². The van der Waals surface area contributed by atoms with Crippen LogP contribution in [0.5, 0.6) is 0 Å². The summed E-state index contributed by atoms with van der Waals surface area (Å²) in [6.45, 7) is 6.93. The molecule has 1 aromatic rings. The Morgan fingerprint density at radius 3 is 2.55 bits per heavy atom. The van der Waals surface area contributed by atoms with E-state index in [9.17, 15) is 0 Å². The van der Waals surface area contributed by atoms with Gasteiger partial charge in [-0.2, -0.15) is 0 Å². The van der Waals surface area contributed by atoms with Crippen LogP contribution in [0.3, 0.4) is 0 Å². The predicted molar refractivity (Wildman–Crippen MR) is 82.9 cm³/mol. The SMILES string of the molecule is CC(N)C(c1cccc(Cl)c1)N1CCN(CCO)CC1. The molecule has 20 heavy (non-hydrogen) atoms. The maximum absolute atomic E-state index is 9.00. The minimum absolute atomic E-state index is 0.0536. The number of nitrogens with zero attached hydrogens (tertiary/aromatic N) is 2. The van der Waals surface area contributed by atoms with Gasteiger partial charge in [0.15, 0.2) is 0 Å². The smallest absolute Gasteiger partial charge is 0.0558 e. The van der Waals surface area contributed by atoms with E-state index < -0.39 is 0 Å². The maximum Gasteiger partial charge on any atom is 0.0558 e.